The Bertz CT molecular complexity index is 551. The van der Waals surface area contributed by atoms with Crippen molar-refractivity contribution in [2.45, 2.75) is 12.6 Å². The van der Waals surface area contributed by atoms with Gasteiger partial charge in [-0.15, -0.1) is 0 Å². The maximum Gasteiger partial charge on any atom is 0.325 e. The number of amides is 3. The number of imide groups is 1. The van der Waals surface area contributed by atoms with Crippen molar-refractivity contribution >= 4 is 17.6 Å². The van der Waals surface area contributed by atoms with Crippen molar-refractivity contribution in [3.8, 4) is 0 Å². The molecular formula is C15H19FN4O2. The SMILES string of the molecule is CN1C(=O)CC(N2CCN(c3ccc(F)cc3)CC2)NC1=O. The maximum absolute atomic E-state index is 13.0. The molecule has 1 unspecified atom stereocenters. The smallest absolute Gasteiger partial charge is 0.325 e. The lowest BCUT2D eigenvalue weighted by Gasteiger charge is -2.42. The number of halogens is 1. The number of rotatable bonds is 2. The minimum absolute atomic E-state index is 0.158. The highest BCUT2D eigenvalue weighted by Crippen LogP contribution is 2.19. The fourth-order valence-electron chi connectivity index (χ4n) is 2.87. The molecule has 3 rings (SSSR count). The van der Waals surface area contributed by atoms with Gasteiger partial charge in [0.2, 0.25) is 5.91 Å². The molecule has 2 aliphatic heterocycles. The second-order valence-corrected chi connectivity index (χ2v) is 5.62. The minimum Gasteiger partial charge on any atom is -0.369 e. The van der Waals surface area contributed by atoms with Crippen LogP contribution >= 0.6 is 0 Å². The van der Waals surface area contributed by atoms with Crippen molar-refractivity contribution < 1.29 is 14.0 Å². The summed E-state index contributed by atoms with van der Waals surface area (Å²) in [6, 6.07) is 6.11. The maximum atomic E-state index is 13.0. The summed E-state index contributed by atoms with van der Waals surface area (Å²) < 4.78 is 13.0. The number of urea groups is 1. The molecule has 7 heteroatoms. The number of carbonyl (C=O) groups is 2. The van der Waals surface area contributed by atoms with E-state index in [4.69, 9.17) is 0 Å². The zero-order valence-corrected chi connectivity index (χ0v) is 12.5. The number of nitrogens with zero attached hydrogens (tertiary/aromatic N) is 3. The van der Waals surface area contributed by atoms with Crippen LogP contribution in [0.25, 0.3) is 0 Å². The van der Waals surface area contributed by atoms with Gasteiger partial charge in [0.1, 0.15) is 5.82 Å². The molecule has 2 fully saturated rings. The Balaban J connectivity index is 1.59. The molecule has 1 atom stereocenters. The molecular weight excluding hydrogens is 287 g/mol. The predicted octanol–water partition coefficient (Wildman–Crippen LogP) is 0.846. The summed E-state index contributed by atoms with van der Waals surface area (Å²) >= 11 is 0. The van der Waals surface area contributed by atoms with E-state index in [0.717, 1.165) is 36.8 Å². The largest absolute Gasteiger partial charge is 0.369 e. The molecule has 0 radical (unpaired) electrons. The van der Waals surface area contributed by atoms with Crippen LogP contribution in [-0.4, -0.2) is 61.1 Å². The number of benzene rings is 1. The van der Waals surface area contributed by atoms with Crippen molar-refractivity contribution in [3.63, 3.8) is 0 Å². The summed E-state index contributed by atoms with van der Waals surface area (Å²) in [6.07, 6.45) is 0.0743. The average Bonchev–Trinajstić information content (AvgIpc) is 2.53. The van der Waals surface area contributed by atoms with Crippen LogP contribution < -0.4 is 10.2 Å². The second kappa shape index (κ2) is 5.92. The van der Waals surface area contributed by atoms with E-state index in [2.05, 4.69) is 15.1 Å². The van der Waals surface area contributed by atoms with E-state index in [0.29, 0.717) is 6.42 Å². The molecule has 2 saturated heterocycles. The van der Waals surface area contributed by atoms with Gasteiger partial charge in [-0.05, 0) is 24.3 Å². The Kier molecular flexibility index (Phi) is 3.98. The van der Waals surface area contributed by atoms with Gasteiger partial charge in [-0.3, -0.25) is 14.6 Å². The summed E-state index contributed by atoms with van der Waals surface area (Å²) in [5.74, 6) is -0.398. The molecule has 0 saturated carbocycles. The standard InChI is InChI=1S/C15H19FN4O2/c1-18-14(21)10-13(17-15(18)22)20-8-6-19(7-9-20)12-4-2-11(16)3-5-12/h2-5,13H,6-10H2,1H3,(H,17,22). The lowest BCUT2D eigenvalue weighted by atomic mass is 10.2. The van der Waals surface area contributed by atoms with Crippen LogP contribution in [0.4, 0.5) is 14.9 Å². The number of piperazine rings is 1. The van der Waals surface area contributed by atoms with Gasteiger partial charge in [-0.25, -0.2) is 9.18 Å². The fourth-order valence-corrected chi connectivity index (χ4v) is 2.87. The van der Waals surface area contributed by atoms with Gasteiger partial charge >= 0.3 is 6.03 Å². The molecule has 2 aliphatic rings. The Hall–Kier alpha value is -2.15. The topological polar surface area (TPSA) is 55.9 Å². The Morgan fingerprint density at radius 2 is 1.73 bits per heavy atom. The van der Waals surface area contributed by atoms with Gasteiger partial charge in [0.15, 0.2) is 0 Å². The third-order valence-corrected chi connectivity index (χ3v) is 4.28. The Morgan fingerprint density at radius 3 is 2.32 bits per heavy atom. The van der Waals surface area contributed by atoms with E-state index in [1.165, 1.54) is 19.2 Å². The minimum atomic E-state index is -0.345. The molecule has 1 aromatic rings. The molecule has 22 heavy (non-hydrogen) atoms. The molecule has 3 amide bonds. The van der Waals surface area contributed by atoms with Crippen LogP contribution in [0.5, 0.6) is 0 Å². The summed E-state index contributed by atoms with van der Waals surface area (Å²) in [7, 11) is 1.49. The number of hydrogen-bond donors (Lipinski definition) is 1. The molecule has 1 aromatic carbocycles. The third kappa shape index (κ3) is 2.89. The third-order valence-electron chi connectivity index (χ3n) is 4.28. The molecule has 2 heterocycles. The highest BCUT2D eigenvalue weighted by atomic mass is 19.1. The van der Waals surface area contributed by atoms with E-state index < -0.39 is 0 Å². The first-order chi connectivity index (χ1) is 10.5. The van der Waals surface area contributed by atoms with Gasteiger partial charge < -0.3 is 10.2 Å². The molecule has 0 aromatic heterocycles. The monoisotopic (exact) mass is 306 g/mol. The van der Waals surface area contributed by atoms with Gasteiger partial charge in [-0.2, -0.15) is 0 Å². The normalized spacial score (nSPS) is 23.6. The summed E-state index contributed by atoms with van der Waals surface area (Å²) in [4.78, 5) is 28.9. The van der Waals surface area contributed by atoms with E-state index in [9.17, 15) is 14.0 Å². The van der Waals surface area contributed by atoms with Crippen molar-refractivity contribution in [2.75, 3.05) is 38.1 Å². The number of carbonyl (C=O) groups excluding carboxylic acids is 2. The molecule has 0 bridgehead atoms. The highest BCUT2D eigenvalue weighted by molar-refractivity contribution is 5.96. The fraction of sp³-hybridized carbons (Fsp3) is 0.467. The zero-order chi connectivity index (χ0) is 15.7. The first-order valence-corrected chi connectivity index (χ1v) is 7.36. The van der Waals surface area contributed by atoms with Crippen molar-refractivity contribution in [1.82, 2.24) is 15.1 Å². The summed E-state index contributed by atoms with van der Waals surface area (Å²) in [5.41, 5.74) is 0.990. The van der Waals surface area contributed by atoms with E-state index in [1.807, 2.05) is 0 Å². The second-order valence-electron chi connectivity index (χ2n) is 5.62. The van der Waals surface area contributed by atoms with Crippen LogP contribution in [0.3, 0.4) is 0 Å². The van der Waals surface area contributed by atoms with Crippen LogP contribution in [0.15, 0.2) is 24.3 Å². The van der Waals surface area contributed by atoms with E-state index >= 15 is 0 Å². The molecule has 0 aliphatic carbocycles. The van der Waals surface area contributed by atoms with Crippen molar-refractivity contribution in [2.24, 2.45) is 0 Å². The van der Waals surface area contributed by atoms with Crippen LogP contribution in [0.1, 0.15) is 6.42 Å². The van der Waals surface area contributed by atoms with Gasteiger partial charge in [0, 0.05) is 38.9 Å². The molecule has 1 N–H and O–H groups in total. The Morgan fingerprint density at radius 1 is 1.09 bits per heavy atom. The first-order valence-electron chi connectivity index (χ1n) is 7.36. The number of hydrogen-bond acceptors (Lipinski definition) is 4. The van der Waals surface area contributed by atoms with E-state index in [1.54, 1.807) is 12.1 Å². The van der Waals surface area contributed by atoms with E-state index in [-0.39, 0.29) is 23.9 Å². The number of anilines is 1. The Labute approximate surface area is 128 Å². The quantitative estimate of drug-likeness (QED) is 0.880. The average molecular weight is 306 g/mol. The van der Waals surface area contributed by atoms with Gasteiger partial charge in [0.25, 0.3) is 0 Å². The van der Waals surface area contributed by atoms with Crippen LogP contribution in [-0.2, 0) is 4.79 Å². The molecule has 6 nitrogen and oxygen atoms in total. The summed E-state index contributed by atoms with van der Waals surface area (Å²) in [6.45, 7) is 3.06. The highest BCUT2D eigenvalue weighted by Gasteiger charge is 2.34. The first kappa shape index (κ1) is 14.8. The molecule has 0 spiro atoms. The molecule has 118 valence electrons. The zero-order valence-electron chi connectivity index (χ0n) is 12.5. The van der Waals surface area contributed by atoms with Gasteiger partial charge in [-0.1, -0.05) is 0 Å². The lowest BCUT2D eigenvalue weighted by molar-refractivity contribution is -0.130. The van der Waals surface area contributed by atoms with Gasteiger partial charge in [0.05, 0.1) is 12.6 Å². The van der Waals surface area contributed by atoms with Crippen molar-refractivity contribution in [3.05, 3.63) is 30.1 Å². The van der Waals surface area contributed by atoms with Crippen LogP contribution in [0.2, 0.25) is 0 Å². The predicted molar refractivity (Wildman–Crippen MR) is 79.9 cm³/mol. The lowest BCUT2D eigenvalue weighted by Crippen LogP contribution is -2.62. The van der Waals surface area contributed by atoms with Crippen LogP contribution in [0, 0.1) is 5.82 Å². The number of nitrogens with one attached hydrogen (secondary N) is 1. The summed E-state index contributed by atoms with van der Waals surface area (Å²) in [5, 5.41) is 2.85. The van der Waals surface area contributed by atoms with Crippen molar-refractivity contribution in [1.29, 1.82) is 0 Å².